The normalized spacial score (nSPS) is 18.7. The maximum atomic E-state index is 12.1. The van der Waals surface area contributed by atoms with Gasteiger partial charge in [-0.3, -0.25) is 0 Å². The molecule has 0 amide bonds. The summed E-state index contributed by atoms with van der Waals surface area (Å²) in [6.07, 6.45) is 8.56. The average molecular weight is 348 g/mol. The van der Waals surface area contributed by atoms with Crippen molar-refractivity contribution < 1.29 is 8.42 Å². The van der Waals surface area contributed by atoms with Gasteiger partial charge in [-0.05, 0) is 36.8 Å². The summed E-state index contributed by atoms with van der Waals surface area (Å²) in [6, 6.07) is 3.71. The molecule has 0 unspecified atom stereocenters. The number of benzene rings is 1. The van der Waals surface area contributed by atoms with Gasteiger partial charge in [-0.15, -0.1) is 11.8 Å². The van der Waals surface area contributed by atoms with Crippen molar-refractivity contribution in [2.75, 3.05) is 19.1 Å². The molecule has 0 spiro atoms. The molecule has 1 aliphatic rings. The lowest BCUT2D eigenvalue weighted by atomic mass is 9.69. The fraction of sp³-hybridized carbons (Fsp3) is 0.600. The number of rotatable bonds is 4. The van der Waals surface area contributed by atoms with E-state index in [4.69, 9.17) is 17.3 Å². The zero-order valence-electron chi connectivity index (χ0n) is 12.5. The van der Waals surface area contributed by atoms with Gasteiger partial charge >= 0.3 is 0 Å². The van der Waals surface area contributed by atoms with Crippen molar-refractivity contribution in [2.24, 2.45) is 5.73 Å². The monoisotopic (exact) mass is 347 g/mol. The van der Waals surface area contributed by atoms with Crippen LogP contribution in [0.1, 0.15) is 37.7 Å². The highest BCUT2D eigenvalue weighted by Gasteiger charge is 2.34. The second kappa shape index (κ2) is 6.49. The third kappa shape index (κ3) is 3.41. The van der Waals surface area contributed by atoms with Crippen LogP contribution in [-0.4, -0.2) is 27.5 Å². The molecule has 0 atom stereocenters. The van der Waals surface area contributed by atoms with Gasteiger partial charge in [-0.25, -0.2) is 8.42 Å². The molecule has 0 saturated heterocycles. The van der Waals surface area contributed by atoms with Crippen LogP contribution in [0.2, 0.25) is 5.02 Å². The van der Waals surface area contributed by atoms with E-state index in [1.54, 1.807) is 6.07 Å². The minimum absolute atomic E-state index is 0.127. The first-order valence-corrected chi connectivity index (χ1v) is 10.6. The van der Waals surface area contributed by atoms with E-state index in [2.05, 4.69) is 0 Å². The van der Waals surface area contributed by atoms with Crippen molar-refractivity contribution in [3.63, 3.8) is 0 Å². The number of thioether (sulfide) groups is 1. The highest BCUT2D eigenvalue weighted by atomic mass is 35.5. The van der Waals surface area contributed by atoms with E-state index in [0.29, 0.717) is 21.4 Å². The molecule has 0 aliphatic heterocycles. The maximum Gasteiger partial charge on any atom is 0.176 e. The summed E-state index contributed by atoms with van der Waals surface area (Å²) in [5, 5.41) is 0.513. The molecule has 21 heavy (non-hydrogen) atoms. The van der Waals surface area contributed by atoms with Crippen LogP contribution in [0.15, 0.2) is 21.9 Å². The van der Waals surface area contributed by atoms with Gasteiger partial charge < -0.3 is 5.73 Å². The maximum absolute atomic E-state index is 12.1. The molecular formula is C15H22ClNO2S2. The van der Waals surface area contributed by atoms with Crippen LogP contribution in [0, 0.1) is 0 Å². The molecule has 0 bridgehead atoms. The first-order valence-electron chi connectivity index (χ1n) is 7.12. The molecule has 2 N–H and O–H groups in total. The van der Waals surface area contributed by atoms with Crippen LogP contribution in [-0.2, 0) is 15.3 Å². The summed E-state index contributed by atoms with van der Waals surface area (Å²) in [7, 11) is -3.31. The summed E-state index contributed by atoms with van der Waals surface area (Å²) in [4.78, 5) is 0.960. The Morgan fingerprint density at radius 2 is 1.90 bits per heavy atom. The lowest BCUT2D eigenvalue weighted by Crippen LogP contribution is -2.37. The van der Waals surface area contributed by atoms with E-state index >= 15 is 0 Å². The minimum atomic E-state index is -3.31. The number of halogens is 1. The molecular weight excluding hydrogens is 326 g/mol. The van der Waals surface area contributed by atoms with Crippen molar-refractivity contribution in [3.05, 3.63) is 22.7 Å². The first kappa shape index (κ1) is 17.1. The number of nitrogens with two attached hydrogens (primary N) is 1. The molecule has 0 radical (unpaired) electrons. The summed E-state index contributed by atoms with van der Waals surface area (Å²) < 4.78 is 24.2. The van der Waals surface area contributed by atoms with E-state index in [1.165, 1.54) is 24.4 Å². The summed E-state index contributed by atoms with van der Waals surface area (Å²) in [6.45, 7) is 0.533. The molecule has 1 aliphatic carbocycles. The molecule has 0 aromatic heterocycles. The number of hydrogen-bond donors (Lipinski definition) is 1. The summed E-state index contributed by atoms with van der Waals surface area (Å²) in [5.74, 6) is 0. The summed E-state index contributed by atoms with van der Waals surface area (Å²) >= 11 is 7.72. The van der Waals surface area contributed by atoms with E-state index in [-0.39, 0.29) is 5.41 Å². The highest BCUT2D eigenvalue weighted by Crippen LogP contribution is 2.43. The molecule has 3 nitrogen and oxygen atoms in total. The zero-order valence-corrected chi connectivity index (χ0v) is 14.9. The summed E-state index contributed by atoms with van der Waals surface area (Å²) in [5.41, 5.74) is 6.91. The second-order valence-electron chi connectivity index (χ2n) is 5.81. The Hall–Kier alpha value is -0.230. The Kier molecular flexibility index (Phi) is 5.29. The largest absolute Gasteiger partial charge is 0.330 e. The molecule has 0 heterocycles. The predicted molar refractivity (Wildman–Crippen MR) is 90.2 cm³/mol. The second-order valence-corrected chi connectivity index (χ2v) is 9.01. The van der Waals surface area contributed by atoms with Gasteiger partial charge in [-0.1, -0.05) is 30.9 Å². The van der Waals surface area contributed by atoms with Crippen molar-refractivity contribution in [3.8, 4) is 0 Å². The minimum Gasteiger partial charge on any atom is -0.330 e. The van der Waals surface area contributed by atoms with Gasteiger partial charge in [0.25, 0.3) is 0 Å². The van der Waals surface area contributed by atoms with Crippen LogP contribution >= 0.6 is 23.4 Å². The van der Waals surface area contributed by atoms with Crippen molar-refractivity contribution in [1.29, 1.82) is 0 Å². The van der Waals surface area contributed by atoms with E-state index in [1.807, 2.05) is 12.3 Å². The van der Waals surface area contributed by atoms with Crippen molar-refractivity contribution in [1.82, 2.24) is 0 Å². The van der Waals surface area contributed by atoms with E-state index in [0.717, 1.165) is 31.2 Å². The Labute approximate surface area is 136 Å². The van der Waals surface area contributed by atoms with Gasteiger partial charge in [0, 0.05) is 23.1 Å². The third-order valence-electron chi connectivity index (χ3n) is 4.43. The zero-order chi connectivity index (χ0) is 15.7. The van der Waals surface area contributed by atoms with Gasteiger partial charge in [0.15, 0.2) is 9.84 Å². The number of sulfone groups is 1. The van der Waals surface area contributed by atoms with Gasteiger partial charge in [0.05, 0.1) is 9.92 Å². The number of hydrogen-bond acceptors (Lipinski definition) is 4. The van der Waals surface area contributed by atoms with Gasteiger partial charge in [-0.2, -0.15) is 0 Å². The molecule has 6 heteroatoms. The van der Waals surface area contributed by atoms with Crippen LogP contribution in [0.3, 0.4) is 0 Å². The average Bonchev–Trinajstić information content (AvgIpc) is 2.46. The Balaban J connectivity index is 2.62. The van der Waals surface area contributed by atoms with E-state index in [9.17, 15) is 8.42 Å². The predicted octanol–water partition coefficient (Wildman–Crippen LogP) is 3.63. The molecule has 118 valence electrons. The van der Waals surface area contributed by atoms with Crippen LogP contribution in [0.25, 0.3) is 0 Å². The van der Waals surface area contributed by atoms with Crippen LogP contribution in [0.5, 0.6) is 0 Å². The van der Waals surface area contributed by atoms with Crippen LogP contribution < -0.4 is 5.73 Å². The fourth-order valence-corrected chi connectivity index (χ4v) is 5.70. The third-order valence-corrected chi connectivity index (χ3v) is 6.94. The lowest BCUT2D eigenvalue weighted by molar-refractivity contribution is 0.300. The molecule has 1 saturated carbocycles. The molecule has 1 aromatic rings. The lowest BCUT2D eigenvalue weighted by Gasteiger charge is -2.37. The van der Waals surface area contributed by atoms with Crippen LogP contribution in [0.4, 0.5) is 0 Å². The Bertz CT molecular complexity index is 623. The topological polar surface area (TPSA) is 60.2 Å². The smallest absolute Gasteiger partial charge is 0.176 e. The first-order chi connectivity index (χ1) is 9.84. The van der Waals surface area contributed by atoms with Crippen molar-refractivity contribution >= 4 is 33.2 Å². The Morgan fingerprint density at radius 3 is 2.38 bits per heavy atom. The Morgan fingerprint density at radius 1 is 1.29 bits per heavy atom. The SMILES string of the molecule is CSc1c(Cl)cc(C2(CN)CCCCC2)cc1S(C)(=O)=O. The van der Waals surface area contributed by atoms with Crippen molar-refractivity contribution in [2.45, 2.75) is 47.3 Å². The molecule has 1 fully saturated rings. The quantitative estimate of drug-likeness (QED) is 0.845. The molecule has 2 rings (SSSR count). The van der Waals surface area contributed by atoms with Gasteiger partial charge in [0.2, 0.25) is 0 Å². The van der Waals surface area contributed by atoms with Gasteiger partial charge in [0.1, 0.15) is 0 Å². The van der Waals surface area contributed by atoms with E-state index < -0.39 is 9.84 Å². The highest BCUT2D eigenvalue weighted by molar-refractivity contribution is 7.99. The standard InChI is InChI=1S/C15H22ClNO2S2/c1-20-14-12(16)8-11(9-13(14)21(2,18)19)15(10-17)6-4-3-5-7-15/h8-9H,3-7,10,17H2,1-2H3. The molecule has 1 aromatic carbocycles. The fourth-order valence-electron chi connectivity index (χ4n) is 3.19.